The number of phenols is 1. The molecule has 1 amide bonds. The average molecular weight is 459 g/mol. The first-order valence-corrected chi connectivity index (χ1v) is 12.4. The molecule has 6 heteroatoms. The maximum atomic E-state index is 13.3. The first kappa shape index (κ1) is 22.5. The predicted molar refractivity (Wildman–Crippen MR) is 136 cm³/mol. The predicted octanol–water partition coefficient (Wildman–Crippen LogP) is 3.84. The quantitative estimate of drug-likeness (QED) is 0.585. The maximum Gasteiger partial charge on any atom is 0.255 e. The Labute approximate surface area is 202 Å². The molecule has 0 saturated carbocycles. The van der Waals surface area contributed by atoms with Crippen molar-refractivity contribution < 1.29 is 9.90 Å². The van der Waals surface area contributed by atoms with Crippen molar-refractivity contribution in [3.63, 3.8) is 0 Å². The Morgan fingerprint density at radius 3 is 2.35 bits per heavy atom. The van der Waals surface area contributed by atoms with Crippen LogP contribution >= 0.6 is 0 Å². The highest BCUT2D eigenvalue weighted by atomic mass is 16.3. The molecule has 1 saturated heterocycles. The molecule has 0 aliphatic carbocycles. The van der Waals surface area contributed by atoms with Crippen LogP contribution in [0.4, 0.5) is 5.69 Å². The normalized spacial score (nSPS) is 17.0. The lowest BCUT2D eigenvalue weighted by molar-refractivity contribution is 0.0752. The Hall–Kier alpha value is -3.25. The van der Waals surface area contributed by atoms with E-state index in [0.29, 0.717) is 5.75 Å². The molecule has 3 heterocycles. The van der Waals surface area contributed by atoms with Crippen LogP contribution in [0.2, 0.25) is 0 Å². The summed E-state index contributed by atoms with van der Waals surface area (Å²) in [6.07, 6.45) is 5.05. The molecule has 0 spiro atoms. The molecular weight excluding hydrogens is 424 g/mol. The van der Waals surface area contributed by atoms with Crippen molar-refractivity contribution >= 4 is 11.6 Å². The molecule has 2 aliphatic rings. The van der Waals surface area contributed by atoms with Gasteiger partial charge in [-0.25, -0.2) is 0 Å². The summed E-state index contributed by atoms with van der Waals surface area (Å²) >= 11 is 0. The fraction of sp³-hybridized carbons (Fsp3) is 0.393. The van der Waals surface area contributed by atoms with Gasteiger partial charge in [0.2, 0.25) is 0 Å². The zero-order valence-corrected chi connectivity index (χ0v) is 19.8. The molecule has 0 atom stereocenters. The number of anilines is 1. The summed E-state index contributed by atoms with van der Waals surface area (Å²) in [6, 6.07) is 19.9. The van der Waals surface area contributed by atoms with Crippen molar-refractivity contribution in [2.45, 2.75) is 25.8 Å². The van der Waals surface area contributed by atoms with Crippen LogP contribution in [0.25, 0.3) is 0 Å². The van der Waals surface area contributed by atoms with E-state index in [2.05, 4.69) is 49.7 Å². The lowest BCUT2D eigenvalue weighted by atomic mass is 10.1. The zero-order chi connectivity index (χ0) is 23.3. The van der Waals surface area contributed by atoms with Gasteiger partial charge in [0.25, 0.3) is 5.91 Å². The van der Waals surface area contributed by atoms with Gasteiger partial charge in [-0.3, -0.25) is 9.69 Å². The van der Waals surface area contributed by atoms with E-state index >= 15 is 0 Å². The Morgan fingerprint density at radius 1 is 0.824 bits per heavy atom. The number of fused-ring (bicyclic) bond motifs is 1. The van der Waals surface area contributed by atoms with Gasteiger partial charge in [0.15, 0.2) is 0 Å². The van der Waals surface area contributed by atoms with Crippen LogP contribution in [0, 0.1) is 0 Å². The molecule has 5 rings (SSSR count). The van der Waals surface area contributed by atoms with Gasteiger partial charge in [-0.15, -0.1) is 0 Å². The van der Waals surface area contributed by atoms with Gasteiger partial charge in [-0.2, -0.15) is 0 Å². The summed E-state index contributed by atoms with van der Waals surface area (Å²) in [7, 11) is 0. The van der Waals surface area contributed by atoms with Crippen LogP contribution in [-0.2, 0) is 13.0 Å². The first-order chi connectivity index (χ1) is 16.7. The third kappa shape index (κ3) is 5.12. The minimum Gasteiger partial charge on any atom is -0.508 e. The molecule has 1 fully saturated rings. The number of hydrogen-bond donors (Lipinski definition) is 1. The molecule has 0 radical (unpaired) electrons. The number of phenolic OH excluding ortho intramolecular Hbond substituents is 1. The smallest absolute Gasteiger partial charge is 0.255 e. The SMILES string of the molecule is O=C1c2ccn(Cc3ccccc3)c2CCCN1CCCN1CCN(c2ccc(O)cc2)CC1. The third-order valence-electron chi connectivity index (χ3n) is 7.12. The minimum atomic E-state index is 0.191. The minimum absolute atomic E-state index is 0.191. The summed E-state index contributed by atoms with van der Waals surface area (Å²) < 4.78 is 2.25. The molecule has 1 aromatic heterocycles. The van der Waals surface area contributed by atoms with E-state index in [0.717, 1.165) is 77.2 Å². The van der Waals surface area contributed by atoms with E-state index in [-0.39, 0.29) is 5.91 Å². The number of carbonyl (C=O) groups is 1. The van der Waals surface area contributed by atoms with Crippen molar-refractivity contribution in [3.8, 4) is 5.75 Å². The molecule has 1 N–H and O–H groups in total. The number of rotatable bonds is 7. The van der Waals surface area contributed by atoms with E-state index in [1.165, 1.54) is 16.9 Å². The standard InChI is InChI=1S/C28H34N4O2/c33-25-11-9-24(10-12-25)30-20-18-29(19-21-30)14-5-16-31-15-4-8-27-26(28(31)34)13-17-32(27)22-23-6-2-1-3-7-23/h1-3,6-7,9-13,17,33H,4-5,8,14-16,18-22H2. The molecule has 178 valence electrons. The zero-order valence-electron chi connectivity index (χ0n) is 19.8. The number of benzene rings is 2. The Morgan fingerprint density at radius 2 is 1.59 bits per heavy atom. The number of nitrogens with zero attached hydrogens (tertiary/aromatic N) is 4. The summed E-state index contributed by atoms with van der Waals surface area (Å²) in [6.45, 7) is 7.54. The number of carbonyl (C=O) groups excluding carboxylic acids is 1. The fourth-order valence-electron chi connectivity index (χ4n) is 5.21. The van der Waals surface area contributed by atoms with Gasteiger partial charge in [0, 0.05) is 63.4 Å². The maximum absolute atomic E-state index is 13.3. The van der Waals surface area contributed by atoms with Crippen molar-refractivity contribution in [2.24, 2.45) is 0 Å². The molecule has 6 nitrogen and oxygen atoms in total. The van der Waals surface area contributed by atoms with Gasteiger partial charge in [0.05, 0.1) is 5.56 Å². The lowest BCUT2D eigenvalue weighted by Crippen LogP contribution is -2.47. The van der Waals surface area contributed by atoms with Gasteiger partial charge < -0.3 is 19.5 Å². The van der Waals surface area contributed by atoms with E-state index in [1.54, 1.807) is 12.1 Å². The van der Waals surface area contributed by atoms with E-state index < -0.39 is 0 Å². The third-order valence-corrected chi connectivity index (χ3v) is 7.12. The van der Waals surface area contributed by atoms with Crippen molar-refractivity contribution in [2.75, 3.05) is 50.7 Å². The van der Waals surface area contributed by atoms with Crippen molar-refractivity contribution in [1.29, 1.82) is 0 Å². The number of piperazine rings is 1. The van der Waals surface area contributed by atoms with Crippen LogP contribution in [0.15, 0.2) is 66.9 Å². The van der Waals surface area contributed by atoms with E-state index in [1.807, 2.05) is 24.3 Å². The molecule has 0 unspecified atom stereocenters. The summed E-state index contributed by atoms with van der Waals surface area (Å²) in [5.41, 5.74) is 4.50. The van der Waals surface area contributed by atoms with E-state index in [9.17, 15) is 9.90 Å². The van der Waals surface area contributed by atoms with Crippen LogP contribution < -0.4 is 4.90 Å². The highest BCUT2D eigenvalue weighted by Gasteiger charge is 2.25. The summed E-state index contributed by atoms with van der Waals surface area (Å²) in [4.78, 5) is 20.2. The highest BCUT2D eigenvalue weighted by Crippen LogP contribution is 2.22. The molecule has 0 bridgehead atoms. The first-order valence-electron chi connectivity index (χ1n) is 12.4. The van der Waals surface area contributed by atoms with Crippen LogP contribution in [0.1, 0.15) is 34.5 Å². The van der Waals surface area contributed by atoms with Crippen molar-refractivity contribution in [1.82, 2.24) is 14.4 Å². The molecule has 2 aliphatic heterocycles. The van der Waals surface area contributed by atoms with Crippen LogP contribution in [-0.4, -0.2) is 71.2 Å². The van der Waals surface area contributed by atoms with Crippen LogP contribution in [0.3, 0.4) is 0 Å². The number of amides is 1. The van der Waals surface area contributed by atoms with Crippen LogP contribution in [0.5, 0.6) is 5.75 Å². The summed E-state index contributed by atoms with van der Waals surface area (Å²) in [5.74, 6) is 0.502. The fourth-order valence-corrected chi connectivity index (χ4v) is 5.21. The highest BCUT2D eigenvalue weighted by molar-refractivity contribution is 5.95. The number of aromatic nitrogens is 1. The van der Waals surface area contributed by atoms with Gasteiger partial charge in [-0.05, 0) is 61.7 Å². The van der Waals surface area contributed by atoms with E-state index in [4.69, 9.17) is 0 Å². The number of aromatic hydroxyl groups is 1. The Kier molecular flexibility index (Phi) is 6.86. The molecular formula is C28H34N4O2. The second-order valence-electron chi connectivity index (χ2n) is 9.38. The summed E-state index contributed by atoms with van der Waals surface area (Å²) in [5, 5.41) is 9.50. The largest absolute Gasteiger partial charge is 0.508 e. The van der Waals surface area contributed by atoms with Gasteiger partial charge in [0.1, 0.15) is 5.75 Å². The second kappa shape index (κ2) is 10.3. The topological polar surface area (TPSA) is 52.0 Å². The second-order valence-corrected chi connectivity index (χ2v) is 9.38. The molecule has 2 aromatic carbocycles. The Bertz CT molecular complexity index is 1090. The van der Waals surface area contributed by atoms with Gasteiger partial charge >= 0.3 is 0 Å². The average Bonchev–Trinajstić information content (AvgIpc) is 3.19. The molecule has 34 heavy (non-hydrogen) atoms. The molecule has 3 aromatic rings. The lowest BCUT2D eigenvalue weighted by Gasteiger charge is -2.36. The van der Waals surface area contributed by atoms with Crippen molar-refractivity contribution in [3.05, 3.63) is 83.7 Å². The number of hydrogen-bond acceptors (Lipinski definition) is 4. The Balaban J connectivity index is 1.12. The van der Waals surface area contributed by atoms with Gasteiger partial charge in [-0.1, -0.05) is 30.3 Å². The monoisotopic (exact) mass is 458 g/mol.